The van der Waals surface area contributed by atoms with Crippen molar-refractivity contribution in [1.29, 1.82) is 0 Å². The van der Waals surface area contributed by atoms with Gasteiger partial charge in [-0.25, -0.2) is 26.4 Å². The molecule has 1 aromatic heterocycles. The number of halogens is 3. The smallest absolute Gasteiger partial charge is 0.295 e. The van der Waals surface area contributed by atoms with E-state index in [0.717, 1.165) is 23.9 Å². The first kappa shape index (κ1) is 22.0. The molecule has 0 spiro atoms. The Labute approximate surface area is 185 Å². The fourth-order valence-electron chi connectivity index (χ4n) is 3.20. The summed E-state index contributed by atoms with van der Waals surface area (Å²) < 4.78 is 71.8. The van der Waals surface area contributed by atoms with Gasteiger partial charge in [0, 0.05) is 23.9 Å². The molecule has 0 unspecified atom stereocenters. The number of sulfonamides is 1. The summed E-state index contributed by atoms with van der Waals surface area (Å²) in [6, 6.07) is 10.7. The molecule has 0 saturated carbocycles. The third kappa shape index (κ3) is 4.00. The summed E-state index contributed by atoms with van der Waals surface area (Å²) in [5.74, 6) is -2.45. The number of nitrogens with one attached hydrogen (secondary N) is 1. The van der Waals surface area contributed by atoms with Crippen molar-refractivity contribution in [3.63, 3.8) is 0 Å². The van der Waals surface area contributed by atoms with E-state index < -0.39 is 32.4 Å². The first-order chi connectivity index (χ1) is 15.1. The summed E-state index contributed by atoms with van der Waals surface area (Å²) in [6.07, 6.45) is 0. The fourth-order valence-corrected chi connectivity index (χ4v) is 5.34. The summed E-state index contributed by atoms with van der Waals surface area (Å²) in [4.78, 5) is 12.5. The Morgan fingerprint density at radius 3 is 2.09 bits per heavy atom. The van der Waals surface area contributed by atoms with Crippen molar-refractivity contribution in [3.8, 4) is 0 Å². The number of aryl methyl sites for hydroxylation is 2. The van der Waals surface area contributed by atoms with Gasteiger partial charge in [-0.2, -0.15) is 0 Å². The van der Waals surface area contributed by atoms with E-state index in [9.17, 15) is 26.4 Å². The molecule has 4 rings (SSSR count). The van der Waals surface area contributed by atoms with Gasteiger partial charge in [-0.05, 0) is 54.6 Å². The lowest BCUT2D eigenvalue weighted by molar-refractivity contribution is 0.555. The third-order valence-electron chi connectivity index (χ3n) is 4.84. The van der Waals surface area contributed by atoms with E-state index >= 15 is 0 Å². The minimum Gasteiger partial charge on any atom is -0.295 e. The van der Waals surface area contributed by atoms with Gasteiger partial charge >= 0.3 is 5.69 Å². The SMILES string of the molecule is Cn1c(=O)n(C)c2cc(Sc3ccc(F)cc3)c(NS(=O)(=O)c3cc(F)ccc3F)cc21. The molecule has 6 nitrogen and oxygen atoms in total. The number of nitrogens with zero attached hydrogens (tertiary/aromatic N) is 2. The molecule has 0 amide bonds. The molecule has 11 heteroatoms. The number of aromatic nitrogens is 2. The van der Waals surface area contributed by atoms with Crippen LogP contribution in [0.1, 0.15) is 0 Å². The molecule has 0 saturated heterocycles. The van der Waals surface area contributed by atoms with E-state index in [1.165, 1.54) is 46.5 Å². The second kappa shape index (κ2) is 8.06. The van der Waals surface area contributed by atoms with E-state index in [0.29, 0.717) is 26.9 Å². The Hall–Kier alpha value is -3.18. The minimum atomic E-state index is -4.51. The van der Waals surface area contributed by atoms with E-state index in [1.807, 2.05) is 0 Å². The van der Waals surface area contributed by atoms with E-state index in [2.05, 4.69) is 4.72 Å². The van der Waals surface area contributed by atoms with Gasteiger partial charge in [-0.15, -0.1) is 0 Å². The summed E-state index contributed by atoms with van der Waals surface area (Å²) in [6.45, 7) is 0. The van der Waals surface area contributed by atoms with Crippen molar-refractivity contribution in [2.75, 3.05) is 4.72 Å². The molecule has 1 N–H and O–H groups in total. The quantitative estimate of drug-likeness (QED) is 0.465. The van der Waals surface area contributed by atoms with Crippen molar-refractivity contribution >= 4 is 38.5 Å². The topological polar surface area (TPSA) is 73.1 Å². The summed E-state index contributed by atoms with van der Waals surface area (Å²) in [7, 11) is -1.40. The van der Waals surface area contributed by atoms with Gasteiger partial charge in [0.1, 0.15) is 22.3 Å². The molecule has 0 fully saturated rings. The lowest BCUT2D eigenvalue weighted by Gasteiger charge is -2.14. The highest BCUT2D eigenvalue weighted by atomic mass is 32.2. The molecule has 1 heterocycles. The van der Waals surface area contributed by atoms with Crippen LogP contribution in [0.2, 0.25) is 0 Å². The lowest BCUT2D eigenvalue weighted by atomic mass is 10.3. The Balaban J connectivity index is 1.87. The average molecular weight is 480 g/mol. The predicted molar refractivity (Wildman–Crippen MR) is 116 cm³/mol. The highest BCUT2D eigenvalue weighted by Crippen LogP contribution is 2.37. The molecule has 0 bridgehead atoms. The minimum absolute atomic E-state index is 0.0525. The summed E-state index contributed by atoms with van der Waals surface area (Å²) in [5, 5.41) is 0. The van der Waals surface area contributed by atoms with Crippen LogP contribution in [0.4, 0.5) is 18.9 Å². The van der Waals surface area contributed by atoms with E-state index in [4.69, 9.17) is 0 Å². The maximum absolute atomic E-state index is 14.2. The van der Waals surface area contributed by atoms with Crippen LogP contribution in [0, 0.1) is 17.5 Å². The van der Waals surface area contributed by atoms with Gasteiger partial charge in [0.25, 0.3) is 10.0 Å². The Kier molecular flexibility index (Phi) is 5.55. The van der Waals surface area contributed by atoms with Gasteiger partial charge in [0.2, 0.25) is 0 Å². The number of hydrogen-bond donors (Lipinski definition) is 1. The largest absolute Gasteiger partial charge is 0.328 e. The number of benzene rings is 3. The molecule has 0 atom stereocenters. The van der Waals surface area contributed by atoms with Crippen molar-refractivity contribution in [2.45, 2.75) is 14.7 Å². The molecule has 0 radical (unpaired) electrons. The Morgan fingerprint density at radius 2 is 1.44 bits per heavy atom. The van der Waals surface area contributed by atoms with Crippen LogP contribution in [0.15, 0.2) is 74.1 Å². The number of rotatable bonds is 5. The van der Waals surface area contributed by atoms with Gasteiger partial charge in [-0.3, -0.25) is 13.9 Å². The van der Waals surface area contributed by atoms with Crippen LogP contribution >= 0.6 is 11.8 Å². The molecule has 3 aromatic carbocycles. The summed E-state index contributed by atoms with van der Waals surface area (Å²) >= 11 is 1.12. The number of imidazole rings is 1. The van der Waals surface area contributed by atoms with Crippen molar-refractivity contribution in [2.24, 2.45) is 14.1 Å². The highest BCUT2D eigenvalue weighted by Gasteiger charge is 2.23. The number of hydrogen-bond acceptors (Lipinski definition) is 4. The molecule has 166 valence electrons. The van der Waals surface area contributed by atoms with E-state index in [1.54, 1.807) is 13.1 Å². The van der Waals surface area contributed by atoms with Crippen molar-refractivity contribution in [3.05, 3.63) is 82.5 Å². The zero-order valence-corrected chi connectivity index (χ0v) is 18.4. The molecular formula is C21H16F3N3O3S2. The molecule has 4 aromatic rings. The molecular weight excluding hydrogens is 463 g/mol. The van der Waals surface area contributed by atoms with Crippen LogP contribution < -0.4 is 10.4 Å². The van der Waals surface area contributed by atoms with Crippen molar-refractivity contribution in [1.82, 2.24) is 9.13 Å². The molecule has 0 aliphatic rings. The van der Waals surface area contributed by atoms with Crippen LogP contribution in [0.3, 0.4) is 0 Å². The van der Waals surface area contributed by atoms with Crippen LogP contribution in [0.5, 0.6) is 0 Å². The van der Waals surface area contributed by atoms with Gasteiger partial charge in [-0.1, -0.05) is 11.8 Å². The Bertz CT molecular complexity index is 1510. The van der Waals surface area contributed by atoms with Crippen LogP contribution in [-0.2, 0) is 24.1 Å². The first-order valence-electron chi connectivity index (χ1n) is 9.17. The highest BCUT2D eigenvalue weighted by molar-refractivity contribution is 7.99. The monoisotopic (exact) mass is 479 g/mol. The number of anilines is 1. The molecule has 32 heavy (non-hydrogen) atoms. The predicted octanol–water partition coefficient (Wildman–Crippen LogP) is 4.25. The maximum Gasteiger partial charge on any atom is 0.328 e. The van der Waals surface area contributed by atoms with Gasteiger partial charge in [0.15, 0.2) is 0 Å². The van der Waals surface area contributed by atoms with Gasteiger partial charge < -0.3 is 0 Å². The first-order valence-corrected chi connectivity index (χ1v) is 11.5. The molecule has 0 aliphatic carbocycles. The lowest BCUT2D eigenvalue weighted by Crippen LogP contribution is -2.19. The average Bonchev–Trinajstić information content (AvgIpc) is 2.95. The summed E-state index contributed by atoms with van der Waals surface area (Å²) in [5.41, 5.74) is 0.686. The maximum atomic E-state index is 14.2. The Morgan fingerprint density at radius 1 is 0.844 bits per heavy atom. The van der Waals surface area contributed by atoms with E-state index in [-0.39, 0.29) is 11.4 Å². The zero-order chi connectivity index (χ0) is 23.2. The van der Waals surface area contributed by atoms with Crippen LogP contribution in [-0.4, -0.2) is 17.6 Å². The normalized spacial score (nSPS) is 11.8. The molecule has 0 aliphatic heterocycles. The second-order valence-electron chi connectivity index (χ2n) is 6.97. The third-order valence-corrected chi connectivity index (χ3v) is 7.29. The second-order valence-corrected chi connectivity index (χ2v) is 9.74. The van der Waals surface area contributed by atoms with Crippen LogP contribution in [0.25, 0.3) is 11.0 Å². The fraction of sp³-hybridized carbons (Fsp3) is 0.0952. The van der Waals surface area contributed by atoms with Gasteiger partial charge in [0.05, 0.1) is 16.7 Å². The van der Waals surface area contributed by atoms with Crippen molar-refractivity contribution < 1.29 is 21.6 Å². The standard InChI is InChI=1S/C21H16F3N3O3S2/c1-26-17-10-16(25-32(29,30)20-9-13(23)5-8-15(20)24)19(11-18(17)27(2)21(26)28)31-14-6-3-12(22)4-7-14/h3-11,25H,1-2H3. The zero-order valence-electron chi connectivity index (χ0n) is 16.8. The number of fused-ring (bicyclic) bond motifs is 1.